The Morgan fingerprint density at radius 3 is 2.71 bits per heavy atom. The molecular formula is C25H26N4O2. The largest absolute Gasteiger partial charge is 0.487 e. The Kier molecular flexibility index (Phi) is 4.83. The van der Waals surface area contributed by atoms with E-state index in [4.69, 9.17) is 9.57 Å². The third kappa shape index (κ3) is 3.67. The van der Waals surface area contributed by atoms with E-state index in [2.05, 4.69) is 62.7 Å². The van der Waals surface area contributed by atoms with Crippen LogP contribution in [-0.2, 0) is 11.4 Å². The molecule has 4 heterocycles. The molecule has 0 radical (unpaired) electrons. The van der Waals surface area contributed by atoms with Crippen LogP contribution in [0.2, 0.25) is 0 Å². The topological polar surface area (TPSA) is 49.9 Å². The smallest absolute Gasteiger partial charge is 0.147 e. The molecule has 6 heteroatoms. The Morgan fingerprint density at radius 1 is 0.968 bits per heavy atom. The van der Waals surface area contributed by atoms with Crippen LogP contribution in [0.5, 0.6) is 5.75 Å². The van der Waals surface area contributed by atoms with E-state index in [9.17, 15) is 0 Å². The normalized spacial score (nSPS) is 21.5. The van der Waals surface area contributed by atoms with Crippen molar-refractivity contribution in [1.29, 1.82) is 0 Å². The average Bonchev–Trinajstić information content (AvgIpc) is 3.23. The first-order chi connectivity index (χ1) is 15.3. The summed E-state index contributed by atoms with van der Waals surface area (Å²) in [6.07, 6.45) is 3.59. The summed E-state index contributed by atoms with van der Waals surface area (Å²) in [7, 11) is 0. The lowest BCUT2D eigenvalue weighted by molar-refractivity contribution is 0.0103. The summed E-state index contributed by atoms with van der Waals surface area (Å²) < 4.78 is 5.90. The van der Waals surface area contributed by atoms with Crippen molar-refractivity contribution in [3.63, 3.8) is 0 Å². The molecule has 1 N–H and O–H groups in total. The number of hydrogen-bond donors (Lipinski definition) is 1. The maximum absolute atomic E-state index is 5.94. The summed E-state index contributed by atoms with van der Waals surface area (Å²) in [5, 5.41) is 2.63. The quantitative estimate of drug-likeness (QED) is 0.708. The lowest BCUT2D eigenvalue weighted by atomic mass is 10.0. The Bertz CT molecular complexity index is 1140. The number of hydroxylamine groups is 1. The van der Waals surface area contributed by atoms with Gasteiger partial charge >= 0.3 is 0 Å². The third-order valence-corrected chi connectivity index (χ3v) is 6.56. The van der Waals surface area contributed by atoms with E-state index in [-0.39, 0.29) is 6.10 Å². The first kappa shape index (κ1) is 18.8. The van der Waals surface area contributed by atoms with E-state index >= 15 is 0 Å². The van der Waals surface area contributed by atoms with Crippen LogP contribution in [0.1, 0.15) is 11.1 Å². The minimum atomic E-state index is 0.0309. The molecule has 6 rings (SSSR count). The van der Waals surface area contributed by atoms with Gasteiger partial charge in [-0.3, -0.25) is 25.1 Å². The molecule has 1 aromatic heterocycles. The number of aromatic nitrogens is 1. The fraction of sp³-hybridized carbons (Fsp3) is 0.320. The molecule has 1 atom stereocenters. The highest BCUT2D eigenvalue weighted by atomic mass is 16.7. The zero-order chi connectivity index (χ0) is 20.6. The zero-order valence-corrected chi connectivity index (χ0v) is 17.5. The van der Waals surface area contributed by atoms with Gasteiger partial charge < -0.3 is 4.74 Å². The predicted octanol–water partition coefficient (Wildman–Crippen LogP) is 3.06. The van der Waals surface area contributed by atoms with Crippen LogP contribution in [0.4, 0.5) is 0 Å². The molecule has 3 aliphatic rings. The number of pyridine rings is 1. The standard InChI is InChI=1S/C25H26N4O2/c1-2-4-20-13-18(5-6-19(20)3-1)15-28-9-11-29(12-10-28)16-24-22-17-30-23-14-26-8-7-21(23)25(22)27-31-24/h1-8,13-14,24,27H,9-12,15-17H2. The fourth-order valence-corrected chi connectivity index (χ4v) is 4.79. The lowest BCUT2D eigenvalue weighted by Gasteiger charge is -2.36. The van der Waals surface area contributed by atoms with Crippen molar-refractivity contribution in [2.45, 2.75) is 12.6 Å². The first-order valence-corrected chi connectivity index (χ1v) is 11.0. The minimum absolute atomic E-state index is 0.0309. The highest BCUT2D eigenvalue weighted by Gasteiger charge is 2.34. The number of nitrogens with one attached hydrogen (secondary N) is 1. The van der Waals surface area contributed by atoms with Crippen molar-refractivity contribution in [1.82, 2.24) is 20.3 Å². The Balaban J connectivity index is 1.07. The van der Waals surface area contributed by atoms with Crippen molar-refractivity contribution in [2.75, 3.05) is 39.3 Å². The van der Waals surface area contributed by atoms with Crippen LogP contribution in [-0.4, -0.2) is 60.2 Å². The molecule has 0 spiro atoms. The zero-order valence-electron chi connectivity index (χ0n) is 17.5. The molecule has 3 aromatic rings. The summed E-state index contributed by atoms with van der Waals surface area (Å²) in [6.45, 7) is 6.71. The number of fused-ring (bicyclic) bond motifs is 3. The van der Waals surface area contributed by atoms with E-state index in [1.54, 1.807) is 12.4 Å². The van der Waals surface area contributed by atoms with Gasteiger partial charge in [-0.2, -0.15) is 0 Å². The molecule has 0 saturated carbocycles. The molecule has 1 fully saturated rings. The second-order valence-electron chi connectivity index (χ2n) is 8.53. The van der Waals surface area contributed by atoms with Crippen molar-refractivity contribution >= 4 is 16.5 Å². The molecule has 1 saturated heterocycles. The van der Waals surface area contributed by atoms with Gasteiger partial charge in [0, 0.05) is 56.6 Å². The fourth-order valence-electron chi connectivity index (χ4n) is 4.79. The number of ether oxygens (including phenoxy) is 1. The van der Waals surface area contributed by atoms with Gasteiger partial charge in [0.15, 0.2) is 0 Å². The average molecular weight is 415 g/mol. The van der Waals surface area contributed by atoms with Gasteiger partial charge in [-0.1, -0.05) is 36.4 Å². The molecule has 0 bridgehead atoms. The van der Waals surface area contributed by atoms with Crippen molar-refractivity contribution < 1.29 is 9.57 Å². The van der Waals surface area contributed by atoms with E-state index in [1.165, 1.54) is 21.9 Å². The maximum atomic E-state index is 5.94. The van der Waals surface area contributed by atoms with Crippen LogP contribution < -0.4 is 10.2 Å². The Labute approximate surface area is 182 Å². The van der Waals surface area contributed by atoms with Crippen LogP contribution in [0.3, 0.4) is 0 Å². The molecule has 0 amide bonds. The van der Waals surface area contributed by atoms with Gasteiger partial charge in [-0.05, 0) is 28.5 Å². The van der Waals surface area contributed by atoms with E-state index < -0.39 is 0 Å². The molecule has 3 aliphatic heterocycles. The molecule has 6 nitrogen and oxygen atoms in total. The van der Waals surface area contributed by atoms with Crippen LogP contribution in [0.15, 0.2) is 66.5 Å². The number of nitrogens with zero attached hydrogens (tertiary/aromatic N) is 3. The van der Waals surface area contributed by atoms with E-state index in [1.807, 2.05) is 6.07 Å². The van der Waals surface area contributed by atoms with E-state index in [0.29, 0.717) is 6.61 Å². The molecular weight excluding hydrogens is 388 g/mol. The monoisotopic (exact) mass is 414 g/mol. The van der Waals surface area contributed by atoms with Crippen molar-refractivity contribution in [3.8, 4) is 5.75 Å². The van der Waals surface area contributed by atoms with Gasteiger partial charge in [0.25, 0.3) is 0 Å². The van der Waals surface area contributed by atoms with E-state index in [0.717, 1.165) is 56.3 Å². The van der Waals surface area contributed by atoms with Crippen LogP contribution in [0.25, 0.3) is 16.5 Å². The molecule has 1 unspecified atom stereocenters. The Hall–Kier alpha value is -2.93. The first-order valence-electron chi connectivity index (χ1n) is 11.0. The van der Waals surface area contributed by atoms with Gasteiger partial charge in [-0.15, -0.1) is 0 Å². The summed E-state index contributed by atoms with van der Waals surface area (Å²) >= 11 is 0. The highest BCUT2D eigenvalue weighted by molar-refractivity contribution is 5.83. The summed E-state index contributed by atoms with van der Waals surface area (Å²) in [6, 6.07) is 17.4. The summed E-state index contributed by atoms with van der Waals surface area (Å²) in [5.41, 5.74) is 7.84. The lowest BCUT2D eigenvalue weighted by Crippen LogP contribution is -2.48. The minimum Gasteiger partial charge on any atom is -0.487 e. The van der Waals surface area contributed by atoms with Crippen LogP contribution in [0, 0.1) is 0 Å². The third-order valence-electron chi connectivity index (χ3n) is 6.56. The number of hydrogen-bond acceptors (Lipinski definition) is 6. The predicted molar refractivity (Wildman–Crippen MR) is 120 cm³/mol. The summed E-state index contributed by atoms with van der Waals surface area (Å²) in [4.78, 5) is 15.1. The van der Waals surface area contributed by atoms with Gasteiger partial charge in [0.05, 0.1) is 11.9 Å². The highest BCUT2D eigenvalue weighted by Crippen LogP contribution is 2.35. The maximum Gasteiger partial charge on any atom is 0.147 e. The van der Waals surface area contributed by atoms with Gasteiger partial charge in [-0.25, -0.2) is 0 Å². The van der Waals surface area contributed by atoms with Gasteiger partial charge in [0.1, 0.15) is 18.5 Å². The molecule has 0 aliphatic carbocycles. The SMILES string of the molecule is c1ccc2cc(CN3CCN(CC4ONC5=C4COc4cnccc45)CC3)ccc2c1. The second-order valence-corrected chi connectivity index (χ2v) is 8.53. The van der Waals surface area contributed by atoms with Crippen molar-refractivity contribution in [3.05, 3.63) is 77.6 Å². The number of rotatable bonds is 4. The number of benzene rings is 2. The second kappa shape index (κ2) is 7.96. The van der Waals surface area contributed by atoms with Crippen molar-refractivity contribution in [2.24, 2.45) is 0 Å². The van der Waals surface area contributed by atoms with Gasteiger partial charge in [0.2, 0.25) is 0 Å². The molecule has 31 heavy (non-hydrogen) atoms. The molecule has 158 valence electrons. The van der Waals surface area contributed by atoms with Crippen LogP contribution >= 0.6 is 0 Å². The Morgan fingerprint density at radius 2 is 1.81 bits per heavy atom. The molecule has 2 aromatic carbocycles. The number of piperazine rings is 1. The summed E-state index contributed by atoms with van der Waals surface area (Å²) in [5.74, 6) is 0.820.